The van der Waals surface area contributed by atoms with Crippen molar-refractivity contribution in [2.45, 2.75) is 39.5 Å². The molecule has 1 aromatic rings. The summed E-state index contributed by atoms with van der Waals surface area (Å²) in [5.74, 6) is 0.301. The van der Waals surface area contributed by atoms with Gasteiger partial charge in [-0.3, -0.25) is 4.79 Å². The van der Waals surface area contributed by atoms with Gasteiger partial charge in [0.2, 0.25) is 0 Å². The molecule has 0 aliphatic heterocycles. The van der Waals surface area contributed by atoms with Gasteiger partial charge in [-0.2, -0.15) is 0 Å². The van der Waals surface area contributed by atoms with Gasteiger partial charge in [-0.05, 0) is 45.1 Å². The van der Waals surface area contributed by atoms with Gasteiger partial charge in [-0.25, -0.2) is 0 Å². The van der Waals surface area contributed by atoms with Gasteiger partial charge in [0.15, 0.2) is 5.78 Å². The maximum Gasteiger partial charge on any atom is 0.169 e. The minimum absolute atomic E-state index is 0.271. The van der Waals surface area contributed by atoms with Crippen molar-refractivity contribution in [3.8, 4) is 0 Å². The molecule has 0 fully saturated rings. The number of carbonyl (C=O) groups excluding carboxylic acids is 1. The Bertz CT molecular complexity index is 524. The molecule has 0 radical (unpaired) electrons. The molecule has 1 unspecified atom stereocenters. The maximum atomic E-state index is 12.9. The van der Waals surface area contributed by atoms with Gasteiger partial charge in [0, 0.05) is 11.0 Å². The first-order valence-corrected chi connectivity index (χ1v) is 6.97. The van der Waals surface area contributed by atoms with E-state index in [4.69, 9.17) is 0 Å². The van der Waals surface area contributed by atoms with Crippen LogP contribution >= 0.6 is 0 Å². The van der Waals surface area contributed by atoms with Crippen molar-refractivity contribution in [3.63, 3.8) is 0 Å². The number of Topliss-reactive ketones (excluding diaryl/α,β-unsaturated/α-hetero) is 1. The highest BCUT2D eigenvalue weighted by molar-refractivity contribution is 6.03. The van der Waals surface area contributed by atoms with Crippen LogP contribution in [-0.4, -0.2) is 5.78 Å². The largest absolute Gasteiger partial charge is 0.294 e. The Balaban J connectivity index is 2.40. The fourth-order valence-corrected chi connectivity index (χ4v) is 3.09. The number of hydrogen-bond acceptors (Lipinski definition) is 1. The van der Waals surface area contributed by atoms with Crippen molar-refractivity contribution in [2.24, 2.45) is 5.41 Å². The lowest BCUT2D eigenvalue weighted by Crippen LogP contribution is -2.36. The van der Waals surface area contributed by atoms with E-state index in [2.05, 4.69) is 18.7 Å². The van der Waals surface area contributed by atoms with Crippen molar-refractivity contribution < 1.29 is 4.79 Å². The number of rotatable bonds is 4. The Morgan fingerprint density at radius 3 is 2.84 bits per heavy atom. The zero-order chi connectivity index (χ0) is 13.9. The molecule has 1 aliphatic rings. The van der Waals surface area contributed by atoms with Crippen molar-refractivity contribution in [1.82, 2.24) is 0 Å². The second kappa shape index (κ2) is 5.56. The van der Waals surface area contributed by atoms with E-state index in [1.54, 1.807) is 0 Å². The molecule has 0 N–H and O–H groups in total. The summed E-state index contributed by atoms with van der Waals surface area (Å²) in [6.45, 7) is 8.05. The number of ketones is 1. The van der Waals surface area contributed by atoms with Crippen LogP contribution in [0, 0.1) is 5.41 Å². The molecule has 100 valence electrons. The van der Waals surface area contributed by atoms with Gasteiger partial charge in [-0.15, -0.1) is 6.58 Å². The number of allylic oxidation sites excluding steroid dienone is 3. The second-order valence-electron chi connectivity index (χ2n) is 5.67. The molecule has 1 nitrogen and oxygen atoms in total. The summed E-state index contributed by atoms with van der Waals surface area (Å²) in [7, 11) is 0. The average molecular weight is 254 g/mol. The van der Waals surface area contributed by atoms with Crippen molar-refractivity contribution in [2.75, 3.05) is 0 Å². The van der Waals surface area contributed by atoms with Gasteiger partial charge < -0.3 is 0 Å². The van der Waals surface area contributed by atoms with E-state index in [1.165, 1.54) is 5.56 Å². The van der Waals surface area contributed by atoms with E-state index < -0.39 is 0 Å². The highest BCUT2D eigenvalue weighted by atomic mass is 16.1. The highest BCUT2D eigenvalue weighted by Gasteiger charge is 2.41. The third kappa shape index (κ3) is 2.70. The molecule has 0 heterocycles. The van der Waals surface area contributed by atoms with Crippen LogP contribution in [0.5, 0.6) is 0 Å². The first-order chi connectivity index (χ1) is 9.09. The Morgan fingerprint density at radius 2 is 2.16 bits per heavy atom. The molecule has 0 amide bonds. The van der Waals surface area contributed by atoms with Crippen molar-refractivity contribution in [1.29, 1.82) is 0 Å². The Labute approximate surface area is 116 Å². The zero-order valence-corrected chi connectivity index (χ0v) is 11.9. The average Bonchev–Trinajstić information content (AvgIpc) is 2.40. The number of benzene rings is 1. The minimum atomic E-state index is -0.271. The van der Waals surface area contributed by atoms with E-state index in [0.717, 1.165) is 36.8 Å². The molecule has 2 rings (SSSR count). The van der Waals surface area contributed by atoms with E-state index in [1.807, 2.05) is 38.1 Å². The van der Waals surface area contributed by atoms with Gasteiger partial charge in [0.1, 0.15) is 0 Å². The molecule has 1 atom stereocenters. The van der Waals surface area contributed by atoms with Crippen LogP contribution in [0.3, 0.4) is 0 Å². The summed E-state index contributed by atoms with van der Waals surface area (Å²) in [4.78, 5) is 12.9. The molecule has 1 aliphatic carbocycles. The summed E-state index contributed by atoms with van der Waals surface area (Å²) in [5.41, 5.74) is 2.94. The van der Waals surface area contributed by atoms with Crippen LogP contribution in [0.4, 0.5) is 0 Å². The first kappa shape index (κ1) is 13.8. The zero-order valence-electron chi connectivity index (χ0n) is 11.9. The van der Waals surface area contributed by atoms with E-state index in [0.29, 0.717) is 5.78 Å². The predicted octanol–water partition coefficient (Wildman–Crippen LogP) is 4.73. The lowest BCUT2D eigenvalue weighted by atomic mass is 9.65. The summed E-state index contributed by atoms with van der Waals surface area (Å²) >= 11 is 0. The molecule has 0 bridgehead atoms. The summed E-state index contributed by atoms with van der Waals surface area (Å²) < 4.78 is 0. The van der Waals surface area contributed by atoms with Crippen LogP contribution in [0.15, 0.2) is 48.6 Å². The maximum absolute atomic E-state index is 12.9. The van der Waals surface area contributed by atoms with E-state index >= 15 is 0 Å². The monoisotopic (exact) mass is 254 g/mol. The van der Waals surface area contributed by atoms with Gasteiger partial charge in [-0.1, -0.05) is 42.0 Å². The normalized spacial score (nSPS) is 22.5. The third-order valence-corrected chi connectivity index (χ3v) is 4.00. The predicted molar refractivity (Wildman–Crippen MR) is 80.4 cm³/mol. The molecule has 0 spiro atoms. The smallest absolute Gasteiger partial charge is 0.169 e. The molecule has 1 aromatic carbocycles. The van der Waals surface area contributed by atoms with Crippen LogP contribution in [-0.2, 0) is 6.42 Å². The van der Waals surface area contributed by atoms with Gasteiger partial charge in [0.25, 0.3) is 0 Å². The molecular formula is C18H22O. The van der Waals surface area contributed by atoms with E-state index in [9.17, 15) is 4.79 Å². The SMILES string of the molecule is C=C(C)CC1(C/C=C/C)CCc2ccccc2C1=O. The summed E-state index contributed by atoms with van der Waals surface area (Å²) in [6, 6.07) is 8.03. The highest BCUT2D eigenvalue weighted by Crippen LogP contribution is 2.43. The quantitative estimate of drug-likeness (QED) is 0.710. The topological polar surface area (TPSA) is 17.1 Å². The summed E-state index contributed by atoms with van der Waals surface area (Å²) in [6.07, 6.45) is 7.70. The first-order valence-electron chi connectivity index (χ1n) is 6.97. The van der Waals surface area contributed by atoms with E-state index in [-0.39, 0.29) is 5.41 Å². The van der Waals surface area contributed by atoms with Crippen molar-refractivity contribution >= 4 is 5.78 Å². The van der Waals surface area contributed by atoms with Gasteiger partial charge >= 0.3 is 0 Å². The lowest BCUT2D eigenvalue weighted by Gasteiger charge is -2.36. The molecule has 1 heteroatoms. The molecule has 0 saturated carbocycles. The van der Waals surface area contributed by atoms with Crippen LogP contribution < -0.4 is 0 Å². The molecular weight excluding hydrogens is 232 g/mol. The van der Waals surface area contributed by atoms with Crippen LogP contribution in [0.25, 0.3) is 0 Å². The third-order valence-electron chi connectivity index (χ3n) is 4.00. The fourth-order valence-electron chi connectivity index (χ4n) is 3.09. The minimum Gasteiger partial charge on any atom is -0.294 e. The second-order valence-corrected chi connectivity index (χ2v) is 5.67. The molecule has 19 heavy (non-hydrogen) atoms. The fraction of sp³-hybridized carbons (Fsp3) is 0.389. The standard InChI is InChI=1S/C18H22O/c1-4-5-11-18(13-14(2)3)12-10-15-8-6-7-9-16(15)17(18)19/h4-9H,2,10-13H2,1,3H3/b5-4+. The molecule has 0 saturated heterocycles. The van der Waals surface area contributed by atoms with Crippen LogP contribution in [0.1, 0.15) is 49.0 Å². The van der Waals surface area contributed by atoms with Crippen molar-refractivity contribution in [3.05, 3.63) is 59.7 Å². The number of aryl methyl sites for hydroxylation is 1. The molecule has 0 aromatic heterocycles. The lowest BCUT2D eigenvalue weighted by molar-refractivity contribution is 0.0758. The number of fused-ring (bicyclic) bond motifs is 1. The van der Waals surface area contributed by atoms with Crippen LogP contribution in [0.2, 0.25) is 0 Å². The summed E-state index contributed by atoms with van der Waals surface area (Å²) in [5, 5.41) is 0. The number of carbonyl (C=O) groups is 1. The number of hydrogen-bond donors (Lipinski definition) is 0. The Hall–Kier alpha value is -1.63. The van der Waals surface area contributed by atoms with Gasteiger partial charge in [0.05, 0.1) is 0 Å². The Morgan fingerprint density at radius 1 is 1.42 bits per heavy atom. The Kier molecular flexibility index (Phi) is 4.04.